The third kappa shape index (κ3) is 2.84. The number of pyridine rings is 1. The van der Waals surface area contributed by atoms with Crippen LogP contribution in [0.25, 0.3) is 11.3 Å². The number of imidazole rings is 1. The van der Waals surface area contributed by atoms with Crippen LogP contribution in [-0.2, 0) is 19.5 Å². The highest BCUT2D eigenvalue weighted by atomic mass is 15.2. The van der Waals surface area contributed by atoms with Crippen molar-refractivity contribution in [3.8, 4) is 11.3 Å². The lowest BCUT2D eigenvalue weighted by atomic mass is 9.89. The second kappa shape index (κ2) is 6.36. The molecule has 26 heavy (non-hydrogen) atoms. The smallest absolute Gasteiger partial charge is 0.109 e. The molecule has 1 saturated heterocycles. The number of hydrogen-bond acceptors (Lipinski definition) is 3. The Morgan fingerprint density at radius 2 is 1.81 bits per heavy atom. The molecule has 4 heteroatoms. The van der Waals surface area contributed by atoms with Crippen molar-refractivity contribution in [1.29, 1.82) is 0 Å². The van der Waals surface area contributed by atoms with Gasteiger partial charge in [-0.15, -0.1) is 0 Å². The van der Waals surface area contributed by atoms with Crippen LogP contribution >= 0.6 is 0 Å². The monoisotopic (exact) mass is 344 g/mol. The van der Waals surface area contributed by atoms with Gasteiger partial charge in [-0.2, -0.15) is 0 Å². The molecule has 2 unspecified atom stereocenters. The van der Waals surface area contributed by atoms with Crippen molar-refractivity contribution in [3.05, 3.63) is 71.9 Å². The average Bonchev–Trinajstić information content (AvgIpc) is 3.23. The van der Waals surface area contributed by atoms with Crippen LogP contribution in [0.3, 0.4) is 0 Å². The zero-order chi connectivity index (χ0) is 17.5. The quantitative estimate of drug-likeness (QED) is 0.728. The summed E-state index contributed by atoms with van der Waals surface area (Å²) in [6.45, 7) is 6.43. The Morgan fingerprint density at radius 1 is 0.962 bits per heavy atom. The van der Waals surface area contributed by atoms with E-state index in [0.717, 1.165) is 44.2 Å². The summed E-state index contributed by atoms with van der Waals surface area (Å²) in [5, 5.41) is 0. The normalized spacial score (nSPS) is 22.2. The van der Waals surface area contributed by atoms with Crippen molar-refractivity contribution in [3.63, 3.8) is 0 Å². The fourth-order valence-electron chi connectivity index (χ4n) is 4.61. The molecule has 4 heterocycles. The van der Waals surface area contributed by atoms with Gasteiger partial charge in [-0.25, -0.2) is 4.98 Å². The molecule has 3 aromatic rings. The molecule has 0 radical (unpaired) electrons. The average molecular weight is 344 g/mol. The van der Waals surface area contributed by atoms with Crippen LogP contribution in [0.5, 0.6) is 0 Å². The third-order valence-corrected chi connectivity index (χ3v) is 5.85. The summed E-state index contributed by atoms with van der Waals surface area (Å²) >= 11 is 0. The molecule has 0 bridgehead atoms. The van der Waals surface area contributed by atoms with Crippen molar-refractivity contribution in [2.45, 2.75) is 26.4 Å². The number of nitrogens with zero attached hydrogens (tertiary/aromatic N) is 4. The zero-order valence-corrected chi connectivity index (χ0v) is 15.2. The molecule has 2 aromatic heterocycles. The minimum atomic E-state index is 0.712. The van der Waals surface area contributed by atoms with E-state index in [1.54, 1.807) is 0 Å². The van der Waals surface area contributed by atoms with Crippen LogP contribution in [0.2, 0.25) is 0 Å². The zero-order valence-electron chi connectivity index (χ0n) is 15.2. The highest BCUT2D eigenvalue weighted by molar-refractivity contribution is 5.59. The molecule has 2 aliphatic rings. The second-order valence-corrected chi connectivity index (χ2v) is 7.72. The number of rotatable bonds is 3. The Bertz CT molecular complexity index is 915. The standard InChI is InChI=1S/C22H24N4/c1-16-6-5-9-20(24-16)15-25-12-18-10-22-23-11-21(17-7-3-2-4-8-17)26(22)14-19(18)13-25/h2-9,11,18-19H,10,12-15H2,1H3. The molecule has 2 aliphatic heterocycles. The van der Waals surface area contributed by atoms with Crippen LogP contribution in [0.1, 0.15) is 17.2 Å². The van der Waals surface area contributed by atoms with E-state index in [4.69, 9.17) is 4.98 Å². The third-order valence-electron chi connectivity index (χ3n) is 5.85. The van der Waals surface area contributed by atoms with Gasteiger partial charge in [-0.3, -0.25) is 9.88 Å². The van der Waals surface area contributed by atoms with E-state index in [-0.39, 0.29) is 0 Å². The van der Waals surface area contributed by atoms with Gasteiger partial charge < -0.3 is 4.57 Å². The molecule has 2 atom stereocenters. The molecule has 0 aliphatic carbocycles. The molecule has 0 amide bonds. The SMILES string of the molecule is Cc1cccc(CN2CC3Cc4ncc(-c5ccccc5)n4CC3C2)n1. The van der Waals surface area contributed by atoms with Crippen LogP contribution in [-0.4, -0.2) is 32.5 Å². The summed E-state index contributed by atoms with van der Waals surface area (Å²) in [7, 11) is 0. The van der Waals surface area contributed by atoms with Gasteiger partial charge >= 0.3 is 0 Å². The molecule has 1 aromatic carbocycles. The van der Waals surface area contributed by atoms with Gasteiger partial charge in [0, 0.05) is 38.3 Å². The molecular weight excluding hydrogens is 320 g/mol. The molecule has 1 fully saturated rings. The van der Waals surface area contributed by atoms with Crippen molar-refractivity contribution < 1.29 is 0 Å². The Kier molecular flexibility index (Phi) is 3.86. The highest BCUT2D eigenvalue weighted by Crippen LogP contribution is 2.35. The van der Waals surface area contributed by atoms with Gasteiger partial charge in [0.2, 0.25) is 0 Å². The first-order chi connectivity index (χ1) is 12.8. The lowest BCUT2D eigenvalue weighted by Gasteiger charge is -2.27. The number of benzene rings is 1. The van der Waals surface area contributed by atoms with E-state index in [9.17, 15) is 0 Å². The van der Waals surface area contributed by atoms with Gasteiger partial charge in [0.1, 0.15) is 5.82 Å². The van der Waals surface area contributed by atoms with Gasteiger partial charge in [0.25, 0.3) is 0 Å². The summed E-state index contributed by atoms with van der Waals surface area (Å²) < 4.78 is 2.45. The Balaban J connectivity index is 1.34. The molecule has 0 N–H and O–H groups in total. The number of likely N-dealkylation sites (tertiary alicyclic amines) is 1. The summed E-state index contributed by atoms with van der Waals surface area (Å²) in [5.74, 6) is 2.68. The maximum Gasteiger partial charge on any atom is 0.109 e. The number of fused-ring (bicyclic) bond motifs is 2. The predicted octanol–water partition coefficient (Wildman–Crippen LogP) is 3.56. The van der Waals surface area contributed by atoms with E-state index in [1.165, 1.54) is 22.8 Å². The Labute approximate surface area is 154 Å². The van der Waals surface area contributed by atoms with E-state index in [2.05, 4.69) is 76.1 Å². The van der Waals surface area contributed by atoms with Crippen LogP contribution < -0.4 is 0 Å². The fourth-order valence-corrected chi connectivity index (χ4v) is 4.61. The summed E-state index contributed by atoms with van der Waals surface area (Å²) in [6.07, 6.45) is 3.15. The van der Waals surface area contributed by atoms with Crippen molar-refractivity contribution in [1.82, 2.24) is 19.4 Å². The van der Waals surface area contributed by atoms with E-state index < -0.39 is 0 Å². The summed E-state index contributed by atoms with van der Waals surface area (Å²) in [4.78, 5) is 12.0. The fraction of sp³-hybridized carbons (Fsp3) is 0.364. The predicted molar refractivity (Wildman–Crippen MR) is 103 cm³/mol. The van der Waals surface area contributed by atoms with Gasteiger partial charge in [-0.05, 0) is 36.5 Å². The lowest BCUT2D eigenvalue weighted by Crippen LogP contribution is -2.28. The largest absolute Gasteiger partial charge is 0.328 e. The molecule has 132 valence electrons. The molecule has 5 rings (SSSR count). The minimum absolute atomic E-state index is 0.712. The van der Waals surface area contributed by atoms with Crippen LogP contribution in [0, 0.1) is 18.8 Å². The van der Waals surface area contributed by atoms with Gasteiger partial charge in [0.05, 0.1) is 17.6 Å². The van der Waals surface area contributed by atoms with Crippen molar-refractivity contribution in [2.24, 2.45) is 11.8 Å². The van der Waals surface area contributed by atoms with Crippen LogP contribution in [0.4, 0.5) is 0 Å². The first kappa shape index (κ1) is 15.8. The van der Waals surface area contributed by atoms with E-state index >= 15 is 0 Å². The second-order valence-electron chi connectivity index (χ2n) is 7.72. The topological polar surface area (TPSA) is 34.0 Å². The Hall–Kier alpha value is -2.46. The van der Waals surface area contributed by atoms with Gasteiger partial charge in [-0.1, -0.05) is 36.4 Å². The Morgan fingerprint density at radius 3 is 2.65 bits per heavy atom. The van der Waals surface area contributed by atoms with E-state index in [1.807, 2.05) is 0 Å². The van der Waals surface area contributed by atoms with Crippen LogP contribution in [0.15, 0.2) is 54.7 Å². The lowest BCUT2D eigenvalue weighted by molar-refractivity contribution is 0.304. The molecule has 0 saturated carbocycles. The number of hydrogen-bond donors (Lipinski definition) is 0. The first-order valence-corrected chi connectivity index (χ1v) is 9.51. The van der Waals surface area contributed by atoms with E-state index in [0.29, 0.717) is 5.92 Å². The van der Waals surface area contributed by atoms with Gasteiger partial charge in [0.15, 0.2) is 0 Å². The maximum atomic E-state index is 4.75. The summed E-state index contributed by atoms with van der Waals surface area (Å²) in [5.41, 5.74) is 4.82. The summed E-state index contributed by atoms with van der Waals surface area (Å²) in [6, 6.07) is 17.0. The first-order valence-electron chi connectivity index (χ1n) is 9.51. The highest BCUT2D eigenvalue weighted by Gasteiger charge is 2.37. The molecule has 0 spiro atoms. The molecular formula is C22H24N4. The number of aromatic nitrogens is 3. The van der Waals surface area contributed by atoms with Crippen molar-refractivity contribution >= 4 is 0 Å². The number of aryl methyl sites for hydroxylation is 1. The minimum Gasteiger partial charge on any atom is -0.328 e. The maximum absolute atomic E-state index is 4.75. The molecule has 4 nitrogen and oxygen atoms in total. The van der Waals surface area contributed by atoms with Crippen molar-refractivity contribution in [2.75, 3.05) is 13.1 Å².